The summed E-state index contributed by atoms with van der Waals surface area (Å²) in [5.41, 5.74) is 5.50. The lowest BCUT2D eigenvalue weighted by Gasteiger charge is -2.36. The highest BCUT2D eigenvalue weighted by molar-refractivity contribution is 8.08. The topological polar surface area (TPSA) is 84.9 Å². The molecule has 1 saturated heterocycles. The summed E-state index contributed by atoms with van der Waals surface area (Å²) in [5.74, 6) is 0.455. The van der Waals surface area contributed by atoms with Crippen LogP contribution in [-0.2, 0) is 4.74 Å². The van der Waals surface area contributed by atoms with Crippen LogP contribution in [0.3, 0.4) is 0 Å². The average Bonchev–Trinajstić information content (AvgIpc) is 2.31. The van der Waals surface area contributed by atoms with Crippen molar-refractivity contribution in [2.24, 2.45) is 5.73 Å². The van der Waals surface area contributed by atoms with Gasteiger partial charge in [-0.05, 0) is 0 Å². The number of nitro groups is 1. The molecule has 0 bridgehead atoms. The van der Waals surface area contributed by atoms with Gasteiger partial charge in [-0.1, -0.05) is 29.9 Å². The van der Waals surface area contributed by atoms with Gasteiger partial charge in [-0.15, -0.1) is 0 Å². The molecular formula is C10H15ClN4O3S. The number of halogens is 1. The predicted octanol–water partition coefficient (Wildman–Crippen LogP) is 1.48. The maximum Gasteiger partial charge on any atom is 0.274 e. The van der Waals surface area contributed by atoms with Gasteiger partial charge >= 0.3 is 0 Å². The third-order valence-electron chi connectivity index (χ3n) is 2.24. The van der Waals surface area contributed by atoms with Crippen molar-refractivity contribution >= 4 is 23.4 Å². The van der Waals surface area contributed by atoms with Gasteiger partial charge in [0.15, 0.2) is 5.82 Å². The molecule has 0 amide bonds. The van der Waals surface area contributed by atoms with Crippen molar-refractivity contribution < 1.29 is 9.66 Å². The molecule has 19 heavy (non-hydrogen) atoms. The lowest BCUT2D eigenvalue weighted by molar-refractivity contribution is -0.406. The Bertz CT molecular complexity index is 427. The summed E-state index contributed by atoms with van der Waals surface area (Å²) in [5, 5.41) is 10.6. The maximum absolute atomic E-state index is 10.6. The first kappa shape index (κ1) is 15.7. The fraction of sp³-hybridized carbons (Fsp3) is 0.400. The molecule has 0 radical (unpaired) electrons. The van der Waals surface area contributed by atoms with Crippen LogP contribution in [-0.4, -0.2) is 41.8 Å². The number of rotatable bonds is 5. The minimum atomic E-state index is -0.496. The molecule has 0 atom stereocenters. The van der Waals surface area contributed by atoms with Crippen LogP contribution in [0.25, 0.3) is 0 Å². The van der Waals surface area contributed by atoms with Crippen LogP contribution in [0.15, 0.2) is 34.1 Å². The standard InChI is InChI=1S/C10H15ClN4O3S/c1-8(11)19-9(3-12)4-14-7-18-6-13(2)10(14)5-15(16)17/h3,5H,1,4,6-7,12H2,2H3/b9-3-,10-5+. The quantitative estimate of drug-likeness (QED) is 0.608. The number of nitrogens with two attached hydrogens (primary N) is 1. The van der Waals surface area contributed by atoms with Crippen LogP contribution in [0, 0.1) is 10.1 Å². The van der Waals surface area contributed by atoms with E-state index in [1.807, 2.05) is 0 Å². The summed E-state index contributed by atoms with van der Waals surface area (Å²) in [6.45, 7) is 4.47. The number of ether oxygens (including phenoxy) is 1. The third-order valence-corrected chi connectivity index (χ3v) is 3.22. The molecule has 1 rings (SSSR count). The van der Waals surface area contributed by atoms with Gasteiger partial charge in [0.1, 0.15) is 13.5 Å². The highest BCUT2D eigenvalue weighted by Crippen LogP contribution is 2.28. The SMILES string of the molecule is C=C(Cl)S/C(=C\N)CN1COCN(C)/C1=C\[N+](=O)[O-]. The van der Waals surface area contributed by atoms with E-state index < -0.39 is 4.92 Å². The van der Waals surface area contributed by atoms with Crippen LogP contribution in [0.1, 0.15) is 0 Å². The van der Waals surface area contributed by atoms with Crippen LogP contribution in [0.4, 0.5) is 0 Å². The number of thioether (sulfide) groups is 1. The summed E-state index contributed by atoms with van der Waals surface area (Å²) in [6.07, 6.45) is 2.34. The normalized spacial score (nSPS) is 18.8. The van der Waals surface area contributed by atoms with Gasteiger partial charge in [-0.2, -0.15) is 0 Å². The van der Waals surface area contributed by atoms with Crippen molar-refractivity contribution in [3.63, 3.8) is 0 Å². The van der Waals surface area contributed by atoms with Gasteiger partial charge in [-0.25, -0.2) is 0 Å². The number of nitrogens with zero attached hydrogens (tertiary/aromatic N) is 3. The highest BCUT2D eigenvalue weighted by Gasteiger charge is 2.23. The first-order valence-corrected chi connectivity index (χ1v) is 6.45. The zero-order valence-corrected chi connectivity index (χ0v) is 12.0. The van der Waals surface area contributed by atoms with E-state index in [9.17, 15) is 10.1 Å². The molecule has 0 saturated carbocycles. The van der Waals surface area contributed by atoms with E-state index in [1.165, 1.54) is 18.0 Å². The molecule has 0 aromatic rings. The van der Waals surface area contributed by atoms with Crippen molar-refractivity contribution in [2.45, 2.75) is 0 Å². The second-order valence-electron chi connectivity index (χ2n) is 3.72. The van der Waals surface area contributed by atoms with E-state index in [0.29, 0.717) is 23.5 Å². The van der Waals surface area contributed by atoms with E-state index in [-0.39, 0.29) is 6.73 Å². The van der Waals surface area contributed by atoms with Crippen molar-refractivity contribution in [3.05, 3.63) is 44.2 Å². The third kappa shape index (κ3) is 5.01. The van der Waals surface area contributed by atoms with Crippen LogP contribution >= 0.6 is 23.4 Å². The predicted molar refractivity (Wildman–Crippen MR) is 75.2 cm³/mol. The molecule has 1 aliphatic rings. The van der Waals surface area contributed by atoms with Crippen molar-refractivity contribution in [2.75, 3.05) is 27.1 Å². The number of hydrogen-bond acceptors (Lipinski definition) is 7. The highest BCUT2D eigenvalue weighted by atomic mass is 35.5. The first-order chi connectivity index (χ1) is 8.93. The van der Waals surface area contributed by atoms with Crippen LogP contribution in [0.2, 0.25) is 0 Å². The largest absolute Gasteiger partial charge is 0.404 e. The summed E-state index contributed by atoms with van der Waals surface area (Å²) in [6, 6.07) is 0. The summed E-state index contributed by atoms with van der Waals surface area (Å²) in [7, 11) is 1.71. The van der Waals surface area contributed by atoms with Gasteiger partial charge in [0.25, 0.3) is 6.20 Å². The van der Waals surface area contributed by atoms with Crippen molar-refractivity contribution in [1.82, 2.24) is 9.80 Å². The molecule has 7 nitrogen and oxygen atoms in total. The summed E-state index contributed by atoms with van der Waals surface area (Å²) in [4.78, 5) is 14.2. The van der Waals surface area contributed by atoms with E-state index in [0.717, 1.165) is 11.1 Å². The second kappa shape index (κ2) is 7.27. The Hall–Kier alpha value is -1.38. The minimum Gasteiger partial charge on any atom is -0.404 e. The van der Waals surface area contributed by atoms with Gasteiger partial charge in [0.05, 0.1) is 15.8 Å². The lowest BCUT2D eigenvalue weighted by atomic mass is 10.4. The molecular weight excluding hydrogens is 292 g/mol. The van der Waals surface area contributed by atoms with Crippen LogP contribution in [0.5, 0.6) is 0 Å². The molecule has 2 N–H and O–H groups in total. The molecule has 0 aliphatic carbocycles. The van der Waals surface area contributed by atoms with Gasteiger partial charge in [0, 0.05) is 18.2 Å². The maximum atomic E-state index is 10.6. The Morgan fingerprint density at radius 2 is 2.42 bits per heavy atom. The second-order valence-corrected chi connectivity index (χ2v) is 5.62. The monoisotopic (exact) mass is 306 g/mol. The molecule has 1 aliphatic heterocycles. The zero-order chi connectivity index (χ0) is 14.4. The Morgan fingerprint density at radius 1 is 1.74 bits per heavy atom. The molecule has 1 heterocycles. The molecule has 9 heteroatoms. The fourth-order valence-corrected chi connectivity index (χ4v) is 2.38. The summed E-state index contributed by atoms with van der Waals surface area (Å²) < 4.78 is 5.69. The zero-order valence-electron chi connectivity index (χ0n) is 10.4. The Morgan fingerprint density at radius 3 is 2.95 bits per heavy atom. The lowest BCUT2D eigenvalue weighted by Crippen LogP contribution is -2.43. The first-order valence-electron chi connectivity index (χ1n) is 5.26. The molecule has 0 unspecified atom stereocenters. The Labute approximate surface area is 120 Å². The Kier molecular flexibility index (Phi) is 6.00. The summed E-state index contributed by atoms with van der Waals surface area (Å²) >= 11 is 6.92. The molecule has 0 aromatic carbocycles. The van der Waals surface area contributed by atoms with E-state index in [1.54, 1.807) is 16.8 Å². The van der Waals surface area contributed by atoms with Gasteiger partial charge in [0.2, 0.25) is 0 Å². The fourth-order valence-electron chi connectivity index (χ4n) is 1.51. The minimum absolute atomic E-state index is 0.247. The van der Waals surface area contributed by atoms with Gasteiger partial charge < -0.3 is 20.3 Å². The Balaban J connectivity index is 2.83. The molecule has 1 fully saturated rings. The average molecular weight is 307 g/mol. The van der Waals surface area contributed by atoms with E-state index in [4.69, 9.17) is 22.1 Å². The number of hydrogen-bond donors (Lipinski definition) is 1. The molecule has 106 valence electrons. The molecule has 0 spiro atoms. The smallest absolute Gasteiger partial charge is 0.274 e. The van der Waals surface area contributed by atoms with Crippen LogP contribution < -0.4 is 5.73 Å². The van der Waals surface area contributed by atoms with Crippen molar-refractivity contribution in [3.8, 4) is 0 Å². The van der Waals surface area contributed by atoms with E-state index in [2.05, 4.69) is 6.58 Å². The van der Waals surface area contributed by atoms with E-state index >= 15 is 0 Å². The molecule has 0 aromatic heterocycles. The van der Waals surface area contributed by atoms with Crippen molar-refractivity contribution in [1.29, 1.82) is 0 Å². The van der Waals surface area contributed by atoms with Gasteiger partial charge in [-0.3, -0.25) is 10.1 Å².